The van der Waals surface area contributed by atoms with E-state index in [1.807, 2.05) is 0 Å². The van der Waals surface area contributed by atoms with Crippen molar-refractivity contribution in [2.45, 2.75) is 31.7 Å². The average Bonchev–Trinajstić information content (AvgIpc) is 3.19. The summed E-state index contributed by atoms with van der Waals surface area (Å²) in [4.78, 5) is 25.8. The Hall–Kier alpha value is -2.51. The Morgan fingerprint density at radius 2 is 2.00 bits per heavy atom. The van der Waals surface area contributed by atoms with Gasteiger partial charge in [0.25, 0.3) is 11.3 Å². The van der Waals surface area contributed by atoms with E-state index in [1.54, 1.807) is 6.07 Å². The van der Waals surface area contributed by atoms with Gasteiger partial charge in [0.2, 0.25) is 0 Å². The van der Waals surface area contributed by atoms with Gasteiger partial charge in [-0.15, -0.1) is 0 Å². The minimum atomic E-state index is -0.101. The predicted octanol–water partition coefficient (Wildman–Crippen LogP) is 2.12. The van der Waals surface area contributed by atoms with E-state index < -0.39 is 0 Å². The fourth-order valence-corrected chi connectivity index (χ4v) is 5.34. The molecule has 29 heavy (non-hydrogen) atoms. The SMILES string of the molecule is CN1C[C@H](c2ccccc2)CC2(CCN(Cc3cc(=O)n4[nH]cnc4n3)CC2)C1. The first-order valence-corrected chi connectivity index (χ1v) is 10.5. The van der Waals surface area contributed by atoms with Crippen LogP contribution in [-0.2, 0) is 6.54 Å². The highest BCUT2D eigenvalue weighted by atomic mass is 16.1. The second-order valence-corrected chi connectivity index (χ2v) is 8.89. The molecule has 1 spiro atoms. The molecular weight excluding hydrogens is 364 g/mol. The first-order chi connectivity index (χ1) is 14.1. The maximum atomic E-state index is 12.2. The molecule has 2 aliphatic rings. The van der Waals surface area contributed by atoms with Gasteiger partial charge in [0.05, 0.1) is 5.69 Å². The predicted molar refractivity (Wildman–Crippen MR) is 112 cm³/mol. The van der Waals surface area contributed by atoms with Gasteiger partial charge in [-0.1, -0.05) is 30.3 Å². The van der Waals surface area contributed by atoms with Crippen LogP contribution in [0.15, 0.2) is 47.5 Å². The van der Waals surface area contributed by atoms with Crippen LogP contribution in [0.25, 0.3) is 5.78 Å². The Balaban J connectivity index is 1.27. The van der Waals surface area contributed by atoms with Gasteiger partial charge >= 0.3 is 0 Å². The van der Waals surface area contributed by atoms with Gasteiger partial charge in [-0.25, -0.2) is 9.97 Å². The summed E-state index contributed by atoms with van der Waals surface area (Å²) < 4.78 is 1.37. The molecule has 4 heterocycles. The summed E-state index contributed by atoms with van der Waals surface area (Å²) in [5.41, 5.74) is 2.57. The zero-order valence-corrected chi connectivity index (χ0v) is 16.9. The van der Waals surface area contributed by atoms with E-state index in [0.717, 1.165) is 25.3 Å². The molecule has 7 heteroatoms. The lowest BCUT2D eigenvalue weighted by Crippen LogP contribution is -2.50. The molecule has 7 nitrogen and oxygen atoms in total. The van der Waals surface area contributed by atoms with Crippen molar-refractivity contribution in [2.75, 3.05) is 33.2 Å². The largest absolute Gasteiger partial charge is 0.305 e. The van der Waals surface area contributed by atoms with E-state index in [2.05, 4.69) is 62.2 Å². The van der Waals surface area contributed by atoms with Crippen molar-refractivity contribution in [3.8, 4) is 0 Å². The number of nitrogens with zero attached hydrogens (tertiary/aromatic N) is 5. The minimum Gasteiger partial charge on any atom is -0.305 e. The smallest absolute Gasteiger partial charge is 0.274 e. The normalized spacial score (nSPS) is 23.0. The summed E-state index contributed by atoms with van der Waals surface area (Å²) >= 11 is 0. The molecule has 0 aliphatic carbocycles. The average molecular weight is 393 g/mol. The Kier molecular flexibility index (Phi) is 4.72. The number of H-pyrrole nitrogens is 1. The molecular formula is C22H28N6O. The summed E-state index contributed by atoms with van der Waals surface area (Å²) in [5.74, 6) is 1.06. The van der Waals surface area contributed by atoms with Crippen LogP contribution in [0, 0.1) is 5.41 Å². The molecule has 2 saturated heterocycles. The standard InChI is InChI=1S/C22H28N6O/c1-26-13-18(17-5-3-2-4-6-17)12-22(15-26)7-9-27(10-8-22)14-19-11-20(29)28-21(25-19)23-16-24-28/h2-6,11,16,18H,7-10,12-15H2,1H3,(H,23,24,25)/t18-/m1/s1. The van der Waals surface area contributed by atoms with Crippen LogP contribution in [-0.4, -0.2) is 62.6 Å². The van der Waals surface area contributed by atoms with Crippen molar-refractivity contribution in [1.29, 1.82) is 0 Å². The molecule has 1 N–H and O–H groups in total. The van der Waals surface area contributed by atoms with Crippen molar-refractivity contribution in [1.82, 2.24) is 29.4 Å². The van der Waals surface area contributed by atoms with Gasteiger partial charge in [-0.2, -0.15) is 4.52 Å². The Morgan fingerprint density at radius 3 is 2.79 bits per heavy atom. The van der Waals surface area contributed by atoms with Crippen LogP contribution in [0.3, 0.4) is 0 Å². The number of aromatic nitrogens is 4. The molecule has 0 radical (unpaired) electrons. The van der Waals surface area contributed by atoms with E-state index in [0.29, 0.717) is 23.7 Å². The maximum Gasteiger partial charge on any atom is 0.274 e. The zero-order valence-electron chi connectivity index (χ0n) is 16.9. The van der Waals surface area contributed by atoms with Crippen molar-refractivity contribution in [3.63, 3.8) is 0 Å². The second-order valence-electron chi connectivity index (χ2n) is 8.89. The van der Waals surface area contributed by atoms with Gasteiger partial charge in [0, 0.05) is 25.7 Å². The molecule has 0 bridgehead atoms. The molecule has 0 amide bonds. The summed E-state index contributed by atoms with van der Waals surface area (Å²) in [7, 11) is 2.26. The molecule has 2 aliphatic heterocycles. The topological polar surface area (TPSA) is 69.5 Å². The van der Waals surface area contributed by atoms with Gasteiger partial charge in [-0.05, 0) is 56.3 Å². The number of benzene rings is 1. The number of fused-ring (bicyclic) bond motifs is 1. The first kappa shape index (κ1) is 18.5. The molecule has 152 valence electrons. The van der Waals surface area contributed by atoms with E-state index in [9.17, 15) is 4.79 Å². The lowest BCUT2D eigenvalue weighted by molar-refractivity contribution is 0.0215. The molecule has 0 saturated carbocycles. The number of piperidine rings is 2. The number of hydrogen-bond acceptors (Lipinski definition) is 5. The lowest BCUT2D eigenvalue weighted by Gasteiger charge is -2.49. The molecule has 3 aromatic rings. The fraction of sp³-hybridized carbons (Fsp3) is 0.500. The van der Waals surface area contributed by atoms with E-state index in [1.165, 1.54) is 42.2 Å². The molecule has 2 aromatic heterocycles. The third kappa shape index (κ3) is 3.72. The molecule has 0 unspecified atom stereocenters. The number of likely N-dealkylation sites (N-methyl/N-ethyl adjacent to an activating group) is 1. The van der Waals surface area contributed by atoms with Gasteiger partial charge in [0.1, 0.15) is 6.33 Å². The number of aromatic amines is 1. The van der Waals surface area contributed by atoms with E-state index in [-0.39, 0.29) is 5.56 Å². The molecule has 1 aromatic carbocycles. The highest BCUT2D eigenvalue weighted by Crippen LogP contribution is 2.44. The molecule has 2 fully saturated rings. The van der Waals surface area contributed by atoms with Crippen molar-refractivity contribution < 1.29 is 0 Å². The van der Waals surface area contributed by atoms with Crippen molar-refractivity contribution >= 4 is 5.78 Å². The van der Waals surface area contributed by atoms with Crippen LogP contribution in [0.4, 0.5) is 0 Å². The number of likely N-dealkylation sites (tertiary alicyclic amines) is 2. The number of rotatable bonds is 3. The third-order valence-electron chi connectivity index (χ3n) is 6.71. The molecule has 5 rings (SSSR count). The Morgan fingerprint density at radius 1 is 1.21 bits per heavy atom. The number of hydrogen-bond donors (Lipinski definition) is 1. The van der Waals surface area contributed by atoms with Crippen LogP contribution < -0.4 is 5.56 Å². The van der Waals surface area contributed by atoms with Gasteiger partial charge < -0.3 is 4.90 Å². The third-order valence-corrected chi connectivity index (χ3v) is 6.71. The van der Waals surface area contributed by atoms with Crippen molar-refractivity contribution in [3.05, 3.63) is 64.3 Å². The van der Waals surface area contributed by atoms with Gasteiger partial charge in [-0.3, -0.25) is 14.8 Å². The Bertz CT molecular complexity index is 1030. The van der Waals surface area contributed by atoms with E-state index in [4.69, 9.17) is 0 Å². The highest BCUT2D eigenvalue weighted by molar-refractivity contribution is 5.26. The van der Waals surface area contributed by atoms with Crippen LogP contribution in [0.1, 0.15) is 36.4 Å². The highest BCUT2D eigenvalue weighted by Gasteiger charge is 2.41. The number of nitrogens with one attached hydrogen (secondary N) is 1. The van der Waals surface area contributed by atoms with E-state index >= 15 is 0 Å². The van der Waals surface area contributed by atoms with Gasteiger partial charge in [0.15, 0.2) is 0 Å². The van der Waals surface area contributed by atoms with Crippen molar-refractivity contribution in [2.24, 2.45) is 5.41 Å². The summed E-state index contributed by atoms with van der Waals surface area (Å²) in [5, 5.41) is 2.79. The Labute approximate surface area is 170 Å². The first-order valence-electron chi connectivity index (χ1n) is 10.5. The fourth-order valence-electron chi connectivity index (χ4n) is 5.34. The summed E-state index contributed by atoms with van der Waals surface area (Å²) in [6.45, 7) is 5.15. The maximum absolute atomic E-state index is 12.2. The lowest BCUT2D eigenvalue weighted by atomic mass is 9.68. The summed E-state index contributed by atoms with van der Waals surface area (Å²) in [6.07, 6.45) is 5.17. The second kappa shape index (κ2) is 7.39. The van der Waals surface area contributed by atoms with Crippen LogP contribution in [0.5, 0.6) is 0 Å². The quantitative estimate of drug-likeness (QED) is 0.739. The molecule has 1 atom stereocenters. The van der Waals surface area contributed by atoms with Crippen LogP contribution in [0.2, 0.25) is 0 Å². The minimum absolute atomic E-state index is 0.101. The van der Waals surface area contributed by atoms with Crippen LogP contribution >= 0.6 is 0 Å². The summed E-state index contributed by atoms with van der Waals surface area (Å²) in [6, 6.07) is 12.6. The monoisotopic (exact) mass is 392 g/mol. The zero-order chi connectivity index (χ0) is 19.8.